The van der Waals surface area contributed by atoms with E-state index in [-0.39, 0.29) is 24.4 Å². The number of carbonyl (C=O) groups is 2. The molecule has 0 atom stereocenters. The summed E-state index contributed by atoms with van der Waals surface area (Å²) >= 11 is 0. The molecule has 17 heavy (non-hydrogen) atoms. The summed E-state index contributed by atoms with van der Waals surface area (Å²) in [5, 5.41) is 3.04. The minimum Gasteiger partial charge on any atom is -0.455 e. The molecule has 0 spiro atoms. The Balaban J connectivity index is 1.40. The summed E-state index contributed by atoms with van der Waals surface area (Å²) in [7, 11) is 0. The topological polar surface area (TPSA) is 55.4 Å². The highest BCUT2D eigenvalue weighted by atomic mass is 16.5. The zero-order valence-electron chi connectivity index (χ0n) is 9.98. The van der Waals surface area contributed by atoms with Crippen molar-refractivity contribution in [3.8, 4) is 0 Å². The molecule has 0 aromatic rings. The van der Waals surface area contributed by atoms with Gasteiger partial charge in [0.05, 0.1) is 5.92 Å². The SMILES string of the molecule is O=C(COC(=O)C1CC1)NC(C1CC1)C1CC1. The zero-order chi connectivity index (χ0) is 11.8. The third kappa shape index (κ3) is 2.99. The van der Waals surface area contributed by atoms with E-state index in [0.717, 1.165) is 12.8 Å². The Morgan fingerprint density at radius 3 is 2.12 bits per heavy atom. The molecule has 3 aliphatic carbocycles. The predicted molar refractivity (Wildman–Crippen MR) is 61.1 cm³/mol. The van der Waals surface area contributed by atoms with Gasteiger partial charge in [0, 0.05) is 6.04 Å². The summed E-state index contributed by atoms with van der Waals surface area (Å²) in [5.74, 6) is 1.12. The summed E-state index contributed by atoms with van der Waals surface area (Å²) < 4.78 is 4.98. The van der Waals surface area contributed by atoms with Gasteiger partial charge in [-0.1, -0.05) is 0 Å². The number of esters is 1. The number of carbonyl (C=O) groups excluding carboxylic acids is 2. The van der Waals surface area contributed by atoms with E-state index >= 15 is 0 Å². The molecule has 0 aliphatic heterocycles. The maximum Gasteiger partial charge on any atom is 0.309 e. The standard InChI is InChI=1S/C13H19NO3/c15-11(7-17-13(16)10-5-6-10)14-12(8-1-2-8)9-3-4-9/h8-10,12H,1-7H2,(H,14,15). The largest absolute Gasteiger partial charge is 0.455 e. The van der Waals surface area contributed by atoms with Crippen molar-refractivity contribution in [2.45, 2.75) is 44.6 Å². The minimum absolute atomic E-state index is 0.0745. The number of hydrogen-bond acceptors (Lipinski definition) is 3. The smallest absolute Gasteiger partial charge is 0.309 e. The van der Waals surface area contributed by atoms with Crippen LogP contribution in [0, 0.1) is 17.8 Å². The van der Waals surface area contributed by atoms with Gasteiger partial charge >= 0.3 is 5.97 Å². The molecule has 0 aromatic carbocycles. The first kappa shape index (κ1) is 11.1. The Bertz CT molecular complexity index is 318. The third-order valence-electron chi connectivity index (χ3n) is 3.84. The van der Waals surface area contributed by atoms with E-state index in [9.17, 15) is 9.59 Å². The van der Waals surface area contributed by atoms with Crippen molar-refractivity contribution in [3.05, 3.63) is 0 Å². The maximum absolute atomic E-state index is 11.7. The van der Waals surface area contributed by atoms with Gasteiger partial charge in [0.15, 0.2) is 6.61 Å². The van der Waals surface area contributed by atoms with Crippen LogP contribution in [0.4, 0.5) is 0 Å². The second-order valence-electron chi connectivity index (χ2n) is 5.65. The average molecular weight is 237 g/mol. The highest BCUT2D eigenvalue weighted by molar-refractivity contribution is 5.82. The van der Waals surface area contributed by atoms with Crippen LogP contribution in [-0.2, 0) is 14.3 Å². The first-order valence-corrected chi connectivity index (χ1v) is 6.70. The first-order valence-electron chi connectivity index (χ1n) is 6.70. The monoisotopic (exact) mass is 237 g/mol. The molecule has 0 radical (unpaired) electrons. The fraction of sp³-hybridized carbons (Fsp3) is 0.846. The third-order valence-corrected chi connectivity index (χ3v) is 3.84. The highest BCUT2D eigenvalue weighted by Crippen LogP contribution is 2.44. The summed E-state index contributed by atoms with van der Waals surface area (Å²) in [5.41, 5.74) is 0. The molecular formula is C13H19NO3. The van der Waals surface area contributed by atoms with Crippen LogP contribution in [0.3, 0.4) is 0 Å². The van der Waals surface area contributed by atoms with Crippen molar-refractivity contribution in [3.63, 3.8) is 0 Å². The van der Waals surface area contributed by atoms with E-state index < -0.39 is 0 Å². The molecule has 0 aromatic heterocycles. The fourth-order valence-electron chi connectivity index (χ4n) is 2.33. The van der Waals surface area contributed by atoms with Crippen LogP contribution in [0.2, 0.25) is 0 Å². The van der Waals surface area contributed by atoms with E-state index in [1.807, 2.05) is 0 Å². The van der Waals surface area contributed by atoms with E-state index in [4.69, 9.17) is 4.74 Å². The number of nitrogens with one attached hydrogen (secondary N) is 1. The van der Waals surface area contributed by atoms with Crippen LogP contribution in [0.1, 0.15) is 38.5 Å². The van der Waals surface area contributed by atoms with Crippen LogP contribution in [0.5, 0.6) is 0 Å². The molecular weight excluding hydrogens is 218 g/mol. The first-order chi connectivity index (χ1) is 8.24. The van der Waals surface area contributed by atoms with Gasteiger partial charge in [0.2, 0.25) is 0 Å². The van der Waals surface area contributed by atoms with Crippen LogP contribution < -0.4 is 5.32 Å². The number of hydrogen-bond donors (Lipinski definition) is 1. The van der Waals surface area contributed by atoms with Gasteiger partial charge in [0.25, 0.3) is 5.91 Å². The lowest BCUT2D eigenvalue weighted by atomic mass is 10.1. The quantitative estimate of drug-likeness (QED) is 0.707. The molecule has 3 aliphatic rings. The lowest BCUT2D eigenvalue weighted by molar-refractivity contribution is -0.150. The zero-order valence-corrected chi connectivity index (χ0v) is 9.98. The molecule has 3 fully saturated rings. The van der Waals surface area contributed by atoms with Crippen LogP contribution in [0.15, 0.2) is 0 Å². The molecule has 0 bridgehead atoms. The second-order valence-corrected chi connectivity index (χ2v) is 5.65. The van der Waals surface area contributed by atoms with E-state index in [0.29, 0.717) is 17.9 Å². The van der Waals surface area contributed by atoms with Crippen molar-refractivity contribution >= 4 is 11.9 Å². The lowest BCUT2D eigenvalue weighted by Crippen LogP contribution is -2.40. The lowest BCUT2D eigenvalue weighted by Gasteiger charge is -2.17. The number of ether oxygens (including phenoxy) is 1. The Kier molecular flexibility index (Phi) is 2.81. The molecule has 0 heterocycles. The Morgan fingerprint density at radius 1 is 1.06 bits per heavy atom. The number of amides is 1. The normalized spacial score (nSPS) is 23.6. The van der Waals surface area contributed by atoms with Crippen LogP contribution >= 0.6 is 0 Å². The van der Waals surface area contributed by atoms with Crippen molar-refractivity contribution in [1.29, 1.82) is 0 Å². The van der Waals surface area contributed by atoms with Gasteiger partial charge in [0.1, 0.15) is 0 Å². The Labute approximate surface area is 101 Å². The van der Waals surface area contributed by atoms with Crippen molar-refractivity contribution < 1.29 is 14.3 Å². The van der Waals surface area contributed by atoms with Gasteiger partial charge in [-0.2, -0.15) is 0 Å². The molecule has 4 heteroatoms. The predicted octanol–water partition coefficient (Wildman–Crippen LogP) is 1.24. The fourth-order valence-corrected chi connectivity index (χ4v) is 2.33. The molecule has 3 rings (SSSR count). The van der Waals surface area contributed by atoms with Crippen molar-refractivity contribution in [1.82, 2.24) is 5.32 Å². The summed E-state index contributed by atoms with van der Waals surface area (Å²) in [4.78, 5) is 23.0. The van der Waals surface area contributed by atoms with E-state index in [2.05, 4.69) is 5.32 Å². The average Bonchev–Trinajstić information content (AvgIpc) is 3.19. The van der Waals surface area contributed by atoms with E-state index in [1.165, 1.54) is 25.7 Å². The van der Waals surface area contributed by atoms with Gasteiger partial charge in [-0.05, 0) is 50.4 Å². The maximum atomic E-state index is 11.7. The van der Waals surface area contributed by atoms with Crippen LogP contribution in [0.25, 0.3) is 0 Å². The Morgan fingerprint density at radius 2 is 1.65 bits per heavy atom. The van der Waals surface area contributed by atoms with Crippen LogP contribution in [-0.4, -0.2) is 24.5 Å². The summed E-state index contributed by atoms with van der Waals surface area (Å²) in [6.45, 7) is -0.0920. The molecule has 94 valence electrons. The number of rotatable bonds is 6. The summed E-state index contributed by atoms with van der Waals surface area (Å²) in [6, 6.07) is 0.349. The molecule has 0 unspecified atom stereocenters. The summed E-state index contributed by atoms with van der Waals surface area (Å²) in [6.07, 6.45) is 6.81. The Hall–Kier alpha value is -1.06. The van der Waals surface area contributed by atoms with Gasteiger partial charge in [-0.25, -0.2) is 0 Å². The van der Waals surface area contributed by atoms with E-state index in [1.54, 1.807) is 0 Å². The highest BCUT2D eigenvalue weighted by Gasteiger charge is 2.42. The van der Waals surface area contributed by atoms with Gasteiger partial charge < -0.3 is 10.1 Å². The van der Waals surface area contributed by atoms with Crippen molar-refractivity contribution in [2.24, 2.45) is 17.8 Å². The van der Waals surface area contributed by atoms with Gasteiger partial charge in [-0.15, -0.1) is 0 Å². The van der Waals surface area contributed by atoms with Crippen molar-refractivity contribution in [2.75, 3.05) is 6.61 Å². The minimum atomic E-state index is -0.199. The van der Waals surface area contributed by atoms with Gasteiger partial charge in [-0.3, -0.25) is 9.59 Å². The molecule has 4 nitrogen and oxygen atoms in total. The molecule has 0 saturated heterocycles. The molecule has 1 amide bonds. The molecule has 3 saturated carbocycles. The molecule has 1 N–H and O–H groups in total. The second kappa shape index (κ2) is 4.31.